The summed E-state index contributed by atoms with van der Waals surface area (Å²) in [5, 5.41) is 0. The molecule has 26 heavy (non-hydrogen) atoms. The first kappa shape index (κ1) is 21.4. The standard InChI is InChI=1S/C13H21N3O7P2S/c1-9-5-12(14)11(6-15-9)7-16-8-26-13(10(16)2)3-4-22-25(20,21)23-24(17,18)19/h5-6H,3-4,7-8H2,1-2H3,(H2,14,15)(H,20,21)(H2,17,18,19). The van der Waals surface area contributed by atoms with E-state index in [-0.39, 0.29) is 6.61 Å². The quantitative estimate of drug-likeness (QED) is 0.453. The number of aryl methyl sites for hydroxylation is 1. The van der Waals surface area contributed by atoms with Crippen molar-refractivity contribution in [3.05, 3.63) is 34.1 Å². The van der Waals surface area contributed by atoms with Crippen molar-refractivity contribution in [1.29, 1.82) is 0 Å². The van der Waals surface area contributed by atoms with Crippen LogP contribution in [0.1, 0.15) is 24.6 Å². The summed E-state index contributed by atoms with van der Waals surface area (Å²) >= 11 is 1.55. The van der Waals surface area contributed by atoms with Gasteiger partial charge in [0, 0.05) is 46.7 Å². The van der Waals surface area contributed by atoms with Gasteiger partial charge in [0.25, 0.3) is 0 Å². The fourth-order valence-corrected chi connectivity index (χ4v) is 5.06. The van der Waals surface area contributed by atoms with Gasteiger partial charge < -0.3 is 25.3 Å². The number of aromatic nitrogens is 1. The van der Waals surface area contributed by atoms with Crippen LogP contribution in [-0.4, -0.2) is 37.0 Å². The minimum absolute atomic E-state index is 0.213. The molecule has 0 aliphatic carbocycles. The van der Waals surface area contributed by atoms with Crippen LogP contribution in [0.3, 0.4) is 0 Å². The van der Waals surface area contributed by atoms with Crippen LogP contribution in [0.5, 0.6) is 0 Å². The molecular formula is C13H21N3O7P2S. The van der Waals surface area contributed by atoms with E-state index in [9.17, 15) is 14.0 Å². The van der Waals surface area contributed by atoms with Gasteiger partial charge in [0.1, 0.15) is 0 Å². The van der Waals surface area contributed by atoms with Gasteiger partial charge >= 0.3 is 15.6 Å². The van der Waals surface area contributed by atoms with Crippen LogP contribution in [0.2, 0.25) is 0 Å². The van der Waals surface area contributed by atoms with E-state index in [0.29, 0.717) is 24.5 Å². The van der Waals surface area contributed by atoms with Gasteiger partial charge in [-0.05, 0) is 19.9 Å². The monoisotopic (exact) mass is 425 g/mol. The number of phosphoric ester groups is 1. The number of thioether (sulfide) groups is 1. The summed E-state index contributed by atoms with van der Waals surface area (Å²) in [6, 6.07) is 1.81. The van der Waals surface area contributed by atoms with Crippen molar-refractivity contribution in [2.75, 3.05) is 18.2 Å². The summed E-state index contributed by atoms with van der Waals surface area (Å²) in [6.45, 7) is 4.15. The van der Waals surface area contributed by atoms with Gasteiger partial charge in [0.15, 0.2) is 0 Å². The molecule has 0 radical (unpaired) electrons. The average molecular weight is 425 g/mol. The highest BCUT2D eigenvalue weighted by atomic mass is 32.2. The highest BCUT2D eigenvalue weighted by molar-refractivity contribution is 8.03. The Labute approximate surface area is 155 Å². The highest BCUT2D eigenvalue weighted by Crippen LogP contribution is 2.57. The third kappa shape index (κ3) is 6.37. The van der Waals surface area contributed by atoms with Crippen molar-refractivity contribution in [2.24, 2.45) is 0 Å². The molecule has 0 fully saturated rings. The maximum atomic E-state index is 11.4. The fraction of sp³-hybridized carbons (Fsp3) is 0.462. The topological polar surface area (TPSA) is 155 Å². The van der Waals surface area contributed by atoms with Crippen molar-refractivity contribution < 1.29 is 32.6 Å². The number of allylic oxidation sites excluding steroid dienone is 1. The van der Waals surface area contributed by atoms with E-state index in [1.165, 1.54) is 0 Å². The number of hydrogen-bond donors (Lipinski definition) is 4. The summed E-state index contributed by atoms with van der Waals surface area (Å²) in [7, 11) is -9.91. The van der Waals surface area contributed by atoms with Gasteiger partial charge in [-0.25, -0.2) is 9.13 Å². The van der Waals surface area contributed by atoms with E-state index < -0.39 is 15.6 Å². The van der Waals surface area contributed by atoms with Crippen LogP contribution in [0.4, 0.5) is 5.69 Å². The second kappa shape index (κ2) is 8.41. The summed E-state index contributed by atoms with van der Waals surface area (Å²) in [6.07, 6.45) is 2.05. The predicted molar refractivity (Wildman–Crippen MR) is 97.6 cm³/mol. The molecule has 1 aliphatic heterocycles. The summed E-state index contributed by atoms with van der Waals surface area (Å²) in [5.74, 6) is 0.685. The van der Waals surface area contributed by atoms with Crippen molar-refractivity contribution in [3.63, 3.8) is 0 Å². The molecule has 0 bridgehead atoms. The van der Waals surface area contributed by atoms with E-state index >= 15 is 0 Å². The number of nitrogen functional groups attached to an aromatic ring is 1. The third-order valence-corrected chi connectivity index (χ3v) is 7.06. The Hall–Kier alpha value is -0.900. The third-order valence-electron chi connectivity index (χ3n) is 3.59. The van der Waals surface area contributed by atoms with E-state index in [0.717, 1.165) is 21.9 Å². The summed E-state index contributed by atoms with van der Waals surface area (Å²) < 4.78 is 30.4. The molecule has 146 valence electrons. The molecule has 0 amide bonds. The second-order valence-corrected chi connectivity index (χ2v) is 9.50. The first-order valence-electron chi connectivity index (χ1n) is 7.49. The van der Waals surface area contributed by atoms with Crippen LogP contribution >= 0.6 is 27.4 Å². The number of hydrogen-bond acceptors (Lipinski definition) is 8. The van der Waals surface area contributed by atoms with E-state index in [2.05, 4.69) is 18.7 Å². The lowest BCUT2D eigenvalue weighted by Crippen LogP contribution is -2.18. The Balaban J connectivity index is 1.92. The molecule has 0 saturated heterocycles. The van der Waals surface area contributed by atoms with E-state index in [4.69, 9.17) is 15.5 Å². The zero-order valence-corrected chi connectivity index (χ0v) is 16.8. The van der Waals surface area contributed by atoms with Crippen molar-refractivity contribution >= 4 is 33.1 Å². The van der Waals surface area contributed by atoms with Crippen LogP contribution in [0, 0.1) is 6.92 Å². The minimum Gasteiger partial charge on any atom is -0.398 e. The molecule has 2 heterocycles. The predicted octanol–water partition coefficient (Wildman–Crippen LogP) is 2.33. The first-order valence-corrected chi connectivity index (χ1v) is 11.5. The molecule has 2 rings (SSSR count). The highest BCUT2D eigenvalue weighted by Gasteiger charge is 2.32. The lowest BCUT2D eigenvalue weighted by molar-refractivity contribution is 0.180. The molecule has 0 saturated carbocycles. The Kier molecular flexibility index (Phi) is 6.92. The molecule has 1 atom stereocenters. The largest absolute Gasteiger partial charge is 0.481 e. The number of nitrogens with zero attached hydrogens (tertiary/aromatic N) is 2. The van der Waals surface area contributed by atoms with Crippen molar-refractivity contribution in [1.82, 2.24) is 9.88 Å². The first-order chi connectivity index (χ1) is 12.0. The van der Waals surface area contributed by atoms with E-state index in [1.54, 1.807) is 18.0 Å². The number of nitrogens with two attached hydrogens (primary N) is 1. The van der Waals surface area contributed by atoms with Gasteiger partial charge in [-0.2, -0.15) is 4.31 Å². The van der Waals surface area contributed by atoms with E-state index in [1.807, 2.05) is 19.9 Å². The average Bonchev–Trinajstić information content (AvgIpc) is 2.80. The number of rotatable bonds is 8. The molecule has 13 heteroatoms. The van der Waals surface area contributed by atoms with Crippen LogP contribution in [0.25, 0.3) is 0 Å². The van der Waals surface area contributed by atoms with Crippen LogP contribution in [0.15, 0.2) is 22.9 Å². The zero-order valence-electron chi connectivity index (χ0n) is 14.2. The molecule has 5 N–H and O–H groups in total. The van der Waals surface area contributed by atoms with Crippen molar-refractivity contribution in [3.8, 4) is 0 Å². The minimum atomic E-state index is -5.10. The Bertz CT molecular complexity index is 798. The molecule has 1 unspecified atom stereocenters. The summed E-state index contributed by atoms with van der Waals surface area (Å²) in [4.78, 5) is 33.7. The molecule has 0 spiro atoms. The maximum absolute atomic E-state index is 11.4. The van der Waals surface area contributed by atoms with Crippen LogP contribution in [-0.2, 0) is 24.5 Å². The van der Waals surface area contributed by atoms with Crippen LogP contribution < -0.4 is 5.73 Å². The van der Waals surface area contributed by atoms with Gasteiger partial charge in [0.05, 0.1) is 12.5 Å². The summed E-state index contributed by atoms with van der Waals surface area (Å²) in [5.41, 5.74) is 9.41. The normalized spacial score (nSPS) is 17.7. The number of anilines is 1. The van der Waals surface area contributed by atoms with Crippen molar-refractivity contribution in [2.45, 2.75) is 26.8 Å². The number of pyridine rings is 1. The smallest absolute Gasteiger partial charge is 0.398 e. The Morgan fingerprint density at radius 1 is 1.35 bits per heavy atom. The molecular weight excluding hydrogens is 404 g/mol. The van der Waals surface area contributed by atoms with Gasteiger partial charge in [-0.3, -0.25) is 9.51 Å². The molecule has 1 aromatic rings. The SMILES string of the molecule is CC1=C(CCOP(=O)(O)OP(=O)(O)O)SCN1Cc1cnc(C)cc1N. The van der Waals surface area contributed by atoms with Gasteiger partial charge in [-0.15, -0.1) is 11.8 Å². The lowest BCUT2D eigenvalue weighted by atomic mass is 10.2. The molecule has 1 aromatic heterocycles. The van der Waals surface area contributed by atoms with Gasteiger partial charge in [0.2, 0.25) is 0 Å². The Morgan fingerprint density at radius 3 is 2.65 bits per heavy atom. The fourth-order valence-electron chi connectivity index (χ4n) is 2.31. The lowest BCUT2D eigenvalue weighted by Gasteiger charge is -2.20. The Morgan fingerprint density at radius 2 is 2.04 bits per heavy atom. The second-order valence-electron chi connectivity index (χ2n) is 5.63. The zero-order chi connectivity index (χ0) is 19.5. The number of phosphoric acid groups is 2. The molecule has 1 aliphatic rings. The maximum Gasteiger partial charge on any atom is 0.481 e. The molecule has 10 nitrogen and oxygen atoms in total. The molecule has 0 aromatic carbocycles. The van der Waals surface area contributed by atoms with Gasteiger partial charge in [-0.1, -0.05) is 0 Å².